The molecule has 6 unspecified atom stereocenters. The third-order valence-electron chi connectivity index (χ3n) is 4.69. The zero-order valence-corrected chi connectivity index (χ0v) is 10.8. The molecule has 6 atom stereocenters. The Morgan fingerprint density at radius 1 is 0.800 bits per heavy atom. The van der Waals surface area contributed by atoms with Gasteiger partial charge in [0.05, 0.1) is 5.92 Å². The molecule has 0 aromatic carbocycles. The SMILES string of the molecule is CC1OC(=O)C(C)C(C)C(C)C(C)C1C. The van der Waals surface area contributed by atoms with E-state index < -0.39 is 0 Å². The van der Waals surface area contributed by atoms with Crippen molar-refractivity contribution in [2.75, 3.05) is 0 Å². The van der Waals surface area contributed by atoms with Crippen LogP contribution in [0.15, 0.2) is 0 Å². The van der Waals surface area contributed by atoms with E-state index in [1.807, 2.05) is 13.8 Å². The maximum absolute atomic E-state index is 11.8. The van der Waals surface area contributed by atoms with Gasteiger partial charge in [-0.1, -0.05) is 34.6 Å². The third kappa shape index (κ3) is 2.35. The molecule has 88 valence electrons. The number of cyclic esters (lactones) is 1. The van der Waals surface area contributed by atoms with Crippen LogP contribution in [-0.4, -0.2) is 12.1 Å². The van der Waals surface area contributed by atoms with Crippen molar-refractivity contribution in [1.82, 2.24) is 0 Å². The van der Waals surface area contributed by atoms with Crippen molar-refractivity contribution in [2.24, 2.45) is 29.6 Å². The zero-order valence-electron chi connectivity index (χ0n) is 10.8. The molecule has 0 saturated carbocycles. The quantitative estimate of drug-likeness (QED) is 0.577. The lowest BCUT2D eigenvalue weighted by Crippen LogP contribution is -2.40. The summed E-state index contributed by atoms with van der Waals surface area (Å²) in [5.41, 5.74) is 0. The van der Waals surface area contributed by atoms with Gasteiger partial charge in [0.15, 0.2) is 0 Å². The van der Waals surface area contributed by atoms with E-state index >= 15 is 0 Å². The summed E-state index contributed by atoms with van der Waals surface area (Å²) in [5, 5.41) is 0. The molecule has 1 heterocycles. The molecule has 0 N–H and O–H groups in total. The minimum absolute atomic E-state index is 0.0254. The van der Waals surface area contributed by atoms with Crippen LogP contribution in [0.25, 0.3) is 0 Å². The second-order valence-corrected chi connectivity index (χ2v) is 5.37. The molecule has 0 radical (unpaired) electrons. The molecular formula is C13H24O2. The third-order valence-corrected chi connectivity index (χ3v) is 4.69. The molecule has 1 fully saturated rings. The van der Waals surface area contributed by atoms with Gasteiger partial charge in [-0.2, -0.15) is 0 Å². The van der Waals surface area contributed by atoms with Crippen LogP contribution in [0.3, 0.4) is 0 Å². The molecule has 15 heavy (non-hydrogen) atoms. The Hall–Kier alpha value is -0.530. The Morgan fingerprint density at radius 2 is 1.27 bits per heavy atom. The lowest BCUT2D eigenvalue weighted by Gasteiger charge is -2.38. The molecular weight excluding hydrogens is 188 g/mol. The highest BCUT2D eigenvalue weighted by Crippen LogP contribution is 2.36. The second-order valence-electron chi connectivity index (χ2n) is 5.37. The average molecular weight is 212 g/mol. The van der Waals surface area contributed by atoms with Crippen molar-refractivity contribution in [3.63, 3.8) is 0 Å². The van der Waals surface area contributed by atoms with Crippen LogP contribution < -0.4 is 0 Å². The largest absolute Gasteiger partial charge is 0.462 e. The monoisotopic (exact) mass is 212 g/mol. The number of hydrogen-bond donors (Lipinski definition) is 0. The fourth-order valence-corrected chi connectivity index (χ4v) is 2.45. The summed E-state index contributed by atoms with van der Waals surface area (Å²) in [4.78, 5) is 11.8. The summed E-state index contributed by atoms with van der Waals surface area (Å²) in [6.45, 7) is 12.9. The normalized spacial score (nSPS) is 48.0. The number of rotatable bonds is 0. The van der Waals surface area contributed by atoms with Crippen LogP contribution in [0.5, 0.6) is 0 Å². The van der Waals surface area contributed by atoms with E-state index in [1.54, 1.807) is 0 Å². The van der Waals surface area contributed by atoms with E-state index in [9.17, 15) is 4.79 Å². The van der Waals surface area contributed by atoms with Gasteiger partial charge in [0.1, 0.15) is 6.10 Å². The predicted molar refractivity (Wildman–Crippen MR) is 61.4 cm³/mol. The number of carbonyl (C=O) groups excluding carboxylic acids is 1. The summed E-state index contributed by atoms with van der Waals surface area (Å²) in [6.07, 6.45) is 0.0462. The fourth-order valence-electron chi connectivity index (χ4n) is 2.45. The van der Waals surface area contributed by atoms with Crippen LogP contribution in [0.1, 0.15) is 41.5 Å². The highest BCUT2D eigenvalue weighted by molar-refractivity contribution is 5.72. The van der Waals surface area contributed by atoms with Gasteiger partial charge in [0.25, 0.3) is 0 Å². The van der Waals surface area contributed by atoms with Crippen molar-refractivity contribution in [3.8, 4) is 0 Å². The van der Waals surface area contributed by atoms with E-state index in [0.717, 1.165) is 0 Å². The molecule has 1 rings (SSSR count). The van der Waals surface area contributed by atoms with Crippen LogP contribution in [0.2, 0.25) is 0 Å². The highest BCUT2D eigenvalue weighted by atomic mass is 16.5. The molecule has 0 spiro atoms. The molecule has 2 heteroatoms. The molecule has 1 saturated heterocycles. The van der Waals surface area contributed by atoms with Gasteiger partial charge in [0, 0.05) is 0 Å². The van der Waals surface area contributed by atoms with Crippen LogP contribution in [0.4, 0.5) is 0 Å². The molecule has 0 amide bonds. The number of esters is 1. The Balaban J connectivity index is 2.90. The number of ether oxygens (including phenoxy) is 1. The van der Waals surface area contributed by atoms with E-state index in [2.05, 4.69) is 27.7 Å². The van der Waals surface area contributed by atoms with E-state index in [4.69, 9.17) is 4.74 Å². The first kappa shape index (κ1) is 12.5. The minimum atomic E-state index is -0.0272. The Labute approximate surface area is 93.4 Å². The molecule has 1 aliphatic rings. The van der Waals surface area contributed by atoms with Gasteiger partial charge < -0.3 is 4.74 Å². The molecule has 0 aromatic heterocycles. The predicted octanol–water partition coefficient (Wildman–Crippen LogP) is 3.11. The minimum Gasteiger partial charge on any atom is -0.462 e. The van der Waals surface area contributed by atoms with Crippen molar-refractivity contribution >= 4 is 5.97 Å². The Bertz CT molecular complexity index is 237. The maximum atomic E-state index is 11.8. The molecule has 2 nitrogen and oxygen atoms in total. The van der Waals surface area contributed by atoms with Gasteiger partial charge in [-0.3, -0.25) is 4.79 Å². The standard InChI is InChI=1S/C13H24O2/c1-7-8(2)10(4)12(6)15-13(14)11(5)9(7)3/h7-12H,1-6H3. The molecule has 1 aliphatic heterocycles. The molecule has 0 aromatic rings. The van der Waals surface area contributed by atoms with E-state index in [1.165, 1.54) is 0 Å². The first-order valence-electron chi connectivity index (χ1n) is 6.06. The molecule has 0 aliphatic carbocycles. The van der Waals surface area contributed by atoms with Crippen molar-refractivity contribution in [3.05, 3.63) is 0 Å². The van der Waals surface area contributed by atoms with Gasteiger partial charge >= 0.3 is 5.97 Å². The number of carbonyl (C=O) groups is 1. The van der Waals surface area contributed by atoms with E-state index in [0.29, 0.717) is 23.7 Å². The van der Waals surface area contributed by atoms with Crippen molar-refractivity contribution in [1.29, 1.82) is 0 Å². The molecule has 0 bridgehead atoms. The van der Waals surface area contributed by atoms with Gasteiger partial charge in [-0.05, 0) is 30.6 Å². The fraction of sp³-hybridized carbons (Fsp3) is 0.923. The van der Waals surface area contributed by atoms with Gasteiger partial charge in [-0.15, -0.1) is 0 Å². The van der Waals surface area contributed by atoms with Crippen LogP contribution >= 0.6 is 0 Å². The second kappa shape index (κ2) is 4.54. The van der Waals surface area contributed by atoms with Crippen LogP contribution in [0, 0.1) is 29.6 Å². The van der Waals surface area contributed by atoms with Gasteiger partial charge in [-0.25, -0.2) is 0 Å². The summed E-state index contributed by atoms with van der Waals surface area (Å²) < 4.78 is 5.47. The summed E-state index contributed by atoms with van der Waals surface area (Å²) in [7, 11) is 0. The van der Waals surface area contributed by atoms with Crippen molar-refractivity contribution < 1.29 is 9.53 Å². The Morgan fingerprint density at radius 3 is 1.80 bits per heavy atom. The van der Waals surface area contributed by atoms with Crippen molar-refractivity contribution in [2.45, 2.75) is 47.6 Å². The topological polar surface area (TPSA) is 26.3 Å². The van der Waals surface area contributed by atoms with Gasteiger partial charge in [0.2, 0.25) is 0 Å². The lowest BCUT2D eigenvalue weighted by molar-refractivity contribution is -0.162. The summed E-state index contributed by atoms with van der Waals surface area (Å²) in [5.74, 6) is 2.02. The first-order valence-corrected chi connectivity index (χ1v) is 6.06. The summed E-state index contributed by atoms with van der Waals surface area (Å²) in [6, 6.07) is 0. The maximum Gasteiger partial charge on any atom is 0.309 e. The Kier molecular flexibility index (Phi) is 3.80. The highest BCUT2D eigenvalue weighted by Gasteiger charge is 2.37. The lowest BCUT2D eigenvalue weighted by atomic mass is 9.72. The smallest absolute Gasteiger partial charge is 0.309 e. The number of hydrogen-bond acceptors (Lipinski definition) is 2. The van der Waals surface area contributed by atoms with E-state index in [-0.39, 0.29) is 18.0 Å². The average Bonchev–Trinajstić information content (AvgIpc) is 2.22. The summed E-state index contributed by atoms with van der Waals surface area (Å²) >= 11 is 0. The zero-order chi connectivity index (χ0) is 11.7. The van der Waals surface area contributed by atoms with Crippen LogP contribution in [-0.2, 0) is 9.53 Å². The first-order chi connectivity index (χ1) is 6.86.